The van der Waals surface area contributed by atoms with E-state index < -0.39 is 16.1 Å². The fourth-order valence-electron chi connectivity index (χ4n) is 3.56. The van der Waals surface area contributed by atoms with E-state index in [9.17, 15) is 18.0 Å². The summed E-state index contributed by atoms with van der Waals surface area (Å²) in [5.41, 5.74) is 0.864. The van der Waals surface area contributed by atoms with Crippen molar-refractivity contribution in [2.45, 2.75) is 57.0 Å². The Balaban J connectivity index is 2.10. The zero-order valence-corrected chi connectivity index (χ0v) is 21.6. The van der Waals surface area contributed by atoms with Gasteiger partial charge in [0.05, 0.1) is 4.90 Å². The fraction of sp³-hybridized carbons (Fsp3) is 0.440. The van der Waals surface area contributed by atoms with Crippen molar-refractivity contribution < 1.29 is 18.0 Å². The Morgan fingerprint density at radius 3 is 2.26 bits per heavy atom. The largest absolute Gasteiger partial charge is 0.354 e. The van der Waals surface area contributed by atoms with Gasteiger partial charge in [0, 0.05) is 38.1 Å². The molecule has 186 valence electrons. The molecule has 0 bridgehead atoms. The number of amides is 2. The van der Waals surface area contributed by atoms with Crippen molar-refractivity contribution in [2.24, 2.45) is 0 Å². The quantitative estimate of drug-likeness (QED) is 0.442. The van der Waals surface area contributed by atoms with E-state index in [1.165, 1.54) is 11.4 Å². The third-order valence-electron chi connectivity index (χ3n) is 5.52. The number of hydrogen-bond donors (Lipinski definition) is 1. The lowest BCUT2D eigenvalue weighted by molar-refractivity contribution is -0.141. The lowest BCUT2D eigenvalue weighted by atomic mass is 10.1. The van der Waals surface area contributed by atoms with Crippen molar-refractivity contribution in [2.75, 3.05) is 20.1 Å². The van der Waals surface area contributed by atoms with Crippen molar-refractivity contribution >= 4 is 33.4 Å². The second-order valence-corrected chi connectivity index (χ2v) is 10.6. The minimum Gasteiger partial charge on any atom is -0.354 e. The summed E-state index contributed by atoms with van der Waals surface area (Å²) in [4.78, 5) is 27.8. The van der Waals surface area contributed by atoms with Gasteiger partial charge in [-0.1, -0.05) is 55.8 Å². The fourth-order valence-corrected chi connectivity index (χ4v) is 4.92. The van der Waals surface area contributed by atoms with Crippen molar-refractivity contribution in [3.05, 3.63) is 65.2 Å². The molecule has 0 aromatic heterocycles. The third-order valence-corrected chi connectivity index (χ3v) is 7.64. The molecule has 0 aliphatic carbocycles. The highest BCUT2D eigenvalue weighted by atomic mass is 35.5. The summed E-state index contributed by atoms with van der Waals surface area (Å²) in [7, 11) is -2.12. The third kappa shape index (κ3) is 7.82. The van der Waals surface area contributed by atoms with E-state index in [-0.39, 0.29) is 36.2 Å². The summed E-state index contributed by atoms with van der Waals surface area (Å²) < 4.78 is 26.7. The van der Waals surface area contributed by atoms with Gasteiger partial charge in [-0.2, -0.15) is 0 Å². The topological polar surface area (TPSA) is 86.8 Å². The smallest absolute Gasteiger partial charge is 0.242 e. The van der Waals surface area contributed by atoms with Crippen LogP contribution in [0.2, 0.25) is 5.02 Å². The first-order chi connectivity index (χ1) is 16.2. The van der Waals surface area contributed by atoms with Crippen LogP contribution >= 0.6 is 11.6 Å². The molecule has 9 heteroatoms. The van der Waals surface area contributed by atoms with Gasteiger partial charge in [0.1, 0.15) is 6.04 Å². The number of rotatable bonds is 13. The molecule has 1 N–H and O–H groups in total. The highest BCUT2D eigenvalue weighted by molar-refractivity contribution is 7.89. The van der Waals surface area contributed by atoms with Gasteiger partial charge < -0.3 is 10.2 Å². The summed E-state index contributed by atoms with van der Waals surface area (Å²) in [6.45, 7) is 4.85. The van der Waals surface area contributed by atoms with E-state index in [4.69, 9.17) is 11.6 Å². The second-order valence-electron chi connectivity index (χ2n) is 8.11. The molecule has 0 spiro atoms. The minimum atomic E-state index is -3.62. The van der Waals surface area contributed by atoms with Crippen LogP contribution in [0.5, 0.6) is 0 Å². The summed E-state index contributed by atoms with van der Waals surface area (Å²) >= 11 is 5.99. The summed E-state index contributed by atoms with van der Waals surface area (Å²) in [5, 5.41) is 3.48. The maximum Gasteiger partial charge on any atom is 0.242 e. The molecule has 0 saturated carbocycles. The maximum absolute atomic E-state index is 13.2. The molecule has 0 heterocycles. The first-order valence-electron chi connectivity index (χ1n) is 11.5. The van der Waals surface area contributed by atoms with E-state index in [1.807, 2.05) is 26.0 Å². The maximum atomic E-state index is 13.2. The van der Waals surface area contributed by atoms with E-state index >= 15 is 0 Å². The molecular formula is C25H34ClN3O4S. The van der Waals surface area contributed by atoms with Gasteiger partial charge in [-0.05, 0) is 49.1 Å². The number of carbonyl (C=O) groups is 2. The molecule has 2 rings (SSSR count). The van der Waals surface area contributed by atoms with Gasteiger partial charge in [-0.25, -0.2) is 12.7 Å². The number of sulfonamides is 1. The number of benzene rings is 2. The van der Waals surface area contributed by atoms with Gasteiger partial charge in [-0.3, -0.25) is 9.59 Å². The average Bonchev–Trinajstić information content (AvgIpc) is 2.84. The number of nitrogens with zero attached hydrogens (tertiary/aromatic N) is 2. The number of carbonyl (C=O) groups excluding carboxylic acids is 2. The Kier molecular flexibility index (Phi) is 11.0. The van der Waals surface area contributed by atoms with Gasteiger partial charge in [0.15, 0.2) is 0 Å². The van der Waals surface area contributed by atoms with Crippen LogP contribution in [0.1, 0.15) is 45.1 Å². The molecule has 2 amide bonds. The highest BCUT2D eigenvalue weighted by Gasteiger charge is 2.28. The number of halogens is 1. The van der Waals surface area contributed by atoms with Crippen LogP contribution in [0, 0.1) is 0 Å². The van der Waals surface area contributed by atoms with Gasteiger partial charge >= 0.3 is 0 Å². The molecule has 0 fully saturated rings. The molecule has 0 aliphatic heterocycles. The van der Waals surface area contributed by atoms with Crippen LogP contribution in [-0.2, 0) is 26.2 Å². The molecular weight excluding hydrogens is 474 g/mol. The molecule has 34 heavy (non-hydrogen) atoms. The average molecular weight is 508 g/mol. The van der Waals surface area contributed by atoms with Crippen LogP contribution in [0.4, 0.5) is 0 Å². The van der Waals surface area contributed by atoms with Crippen molar-refractivity contribution in [3.8, 4) is 0 Å². The van der Waals surface area contributed by atoms with E-state index in [2.05, 4.69) is 5.32 Å². The number of nitrogens with one attached hydrogen (secondary N) is 1. The first-order valence-corrected chi connectivity index (χ1v) is 13.4. The Labute approximate surface area is 208 Å². The SMILES string of the molecule is CCCNC(=O)C(CC)N(Cc1ccc(Cl)cc1)C(=O)CCCN(C)S(=O)(=O)c1ccccc1. The van der Waals surface area contributed by atoms with E-state index in [0.717, 1.165) is 12.0 Å². The summed E-state index contributed by atoms with van der Waals surface area (Å²) in [6.07, 6.45) is 1.73. The predicted octanol–water partition coefficient (Wildman–Crippen LogP) is 4.07. The molecule has 0 aliphatic rings. The van der Waals surface area contributed by atoms with Crippen molar-refractivity contribution in [3.63, 3.8) is 0 Å². The Morgan fingerprint density at radius 2 is 1.68 bits per heavy atom. The standard InChI is InChI=1S/C25H34ClN3O4S/c1-4-17-27-25(31)23(5-2)29(19-20-13-15-21(26)16-14-20)24(30)12-9-18-28(3)34(32,33)22-10-7-6-8-11-22/h6-8,10-11,13-16,23H,4-5,9,12,17-19H2,1-3H3,(H,27,31). The summed E-state index contributed by atoms with van der Waals surface area (Å²) in [5.74, 6) is -0.380. The van der Waals surface area contributed by atoms with Crippen LogP contribution in [0.15, 0.2) is 59.5 Å². The highest BCUT2D eigenvalue weighted by Crippen LogP contribution is 2.18. The molecule has 1 atom stereocenters. The molecule has 7 nitrogen and oxygen atoms in total. The lowest BCUT2D eigenvalue weighted by Crippen LogP contribution is -2.49. The van der Waals surface area contributed by atoms with Crippen LogP contribution in [0.25, 0.3) is 0 Å². The zero-order valence-electron chi connectivity index (χ0n) is 20.0. The Morgan fingerprint density at radius 1 is 1.03 bits per heavy atom. The predicted molar refractivity (Wildman–Crippen MR) is 135 cm³/mol. The van der Waals surface area contributed by atoms with Gasteiger partial charge in [0.2, 0.25) is 21.8 Å². The monoisotopic (exact) mass is 507 g/mol. The second kappa shape index (κ2) is 13.5. The summed E-state index contributed by atoms with van der Waals surface area (Å²) in [6, 6.07) is 14.8. The van der Waals surface area contributed by atoms with Crippen molar-refractivity contribution in [1.29, 1.82) is 0 Å². The van der Waals surface area contributed by atoms with Crippen LogP contribution < -0.4 is 5.32 Å². The molecule has 2 aromatic rings. The Bertz CT molecular complexity index is 1030. The molecule has 0 saturated heterocycles. The zero-order chi connectivity index (χ0) is 25.1. The normalized spacial score (nSPS) is 12.4. The molecule has 2 aromatic carbocycles. The van der Waals surface area contributed by atoms with Gasteiger partial charge in [0.25, 0.3) is 0 Å². The lowest BCUT2D eigenvalue weighted by Gasteiger charge is -2.31. The molecule has 1 unspecified atom stereocenters. The van der Waals surface area contributed by atoms with Gasteiger partial charge in [-0.15, -0.1) is 0 Å². The van der Waals surface area contributed by atoms with E-state index in [0.29, 0.717) is 24.4 Å². The van der Waals surface area contributed by atoms with Crippen LogP contribution in [-0.4, -0.2) is 55.6 Å². The number of hydrogen-bond acceptors (Lipinski definition) is 4. The first kappa shape index (κ1) is 27.8. The van der Waals surface area contributed by atoms with E-state index in [1.54, 1.807) is 47.4 Å². The minimum absolute atomic E-state index is 0.125. The Hall–Kier alpha value is -2.42. The van der Waals surface area contributed by atoms with Crippen molar-refractivity contribution in [1.82, 2.24) is 14.5 Å². The van der Waals surface area contributed by atoms with Crippen LogP contribution in [0.3, 0.4) is 0 Å². The molecule has 0 radical (unpaired) electrons.